The number of amides is 1. The zero-order valence-corrected chi connectivity index (χ0v) is 19.8. The van der Waals surface area contributed by atoms with Gasteiger partial charge in [-0.1, -0.05) is 36.4 Å². The van der Waals surface area contributed by atoms with Crippen LogP contribution in [0.5, 0.6) is 0 Å². The lowest BCUT2D eigenvalue weighted by atomic mass is 10.00. The largest absolute Gasteiger partial charge is 0.356 e. The molecule has 29 heavy (non-hydrogen) atoms. The molecular formula is C20H29IN4O3S. The van der Waals surface area contributed by atoms with E-state index in [2.05, 4.69) is 50.9 Å². The van der Waals surface area contributed by atoms with Crippen molar-refractivity contribution in [2.24, 2.45) is 4.99 Å². The Hall–Kier alpha value is -1.62. The molecule has 0 bridgehead atoms. The molecule has 0 radical (unpaired) electrons. The van der Waals surface area contributed by atoms with E-state index in [4.69, 9.17) is 0 Å². The Morgan fingerprint density at radius 2 is 2.03 bits per heavy atom. The van der Waals surface area contributed by atoms with Crippen LogP contribution in [0.25, 0.3) is 5.57 Å². The second-order valence-corrected chi connectivity index (χ2v) is 9.41. The summed E-state index contributed by atoms with van der Waals surface area (Å²) in [6.45, 7) is 2.10. The number of rotatable bonds is 5. The molecule has 1 fully saturated rings. The molecule has 2 aliphatic heterocycles. The quantitative estimate of drug-likeness (QED) is 0.342. The molecule has 1 amide bonds. The van der Waals surface area contributed by atoms with E-state index >= 15 is 0 Å². The fourth-order valence-electron chi connectivity index (χ4n) is 3.60. The molecule has 2 heterocycles. The van der Waals surface area contributed by atoms with E-state index in [1.54, 1.807) is 7.05 Å². The average molecular weight is 532 g/mol. The Morgan fingerprint density at radius 1 is 1.28 bits per heavy atom. The number of carbonyl (C=O) groups is 1. The monoisotopic (exact) mass is 532 g/mol. The first-order chi connectivity index (χ1) is 13.5. The van der Waals surface area contributed by atoms with Gasteiger partial charge in [0.25, 0.3) is 0 Å². The smallest absolute Gasteiger partial charge is 0.222 e. The first kappa shape index (κ1) is 23.7. The van der Waals surface area contributed by atoms with Crippen molar-refractivity contribution in [3.05, 3.63) is 42.0 Å². The second-order valence-electron chi connectivity index (χ2n) is 7.18. The van der Waals surface area contributed by atoms with Crippen LogP contribution in [0.2, 0.25) is 0 Å². The zero-order chi connectivity index (χ0) is 20.0. The van der Waals surface area contributed by atoms with Crippen LogP contribution in [-0.4, -0.2) is 69.4 Å². The van der Waals surface area contributed by atoms with Gasteiger partial charge in [-0.2, -0.15) is 0 Å². The van der Waals surface area contributed by atoms with Crippen molar-refractivity contribution in [3.63, 3.8) is 0 Å². The Bertz CT molecular complexity index is 856. The van der Waals surface area contributed by atoms with Crippen LogP contribution in [0, 0.1) is 0 Å². The van der Waals surface area contributed by atoms with E-state index in [9.17, 15) is 13.2 Å². The van der Waals surface area contributed by atoms with E-state index < -0.39 is 9.84 Å². The molecule has 1 atom stereocenters. The molecule has 2 N–H and O–H groups in total. The Balaban J connectivity index is 0.00000300. The lowest BCUT2D eigenvalue weighted by Crippen LogP contribution is -2.45. The molecular weight excluding hydrogens is 503 g/mol. The van der Waals surface area contributed by atoms with E-state index in [0.29, 0.717) is 13.0 Å². The molecule has 0 spiro atoms. The van der Waals surface area contributed by atoms with Gasteiger partial charge in [0.05, 0.1) is 11.5 Å². The summed E-state index contributed by atoms with van der Waals surface area (Å²) in [5.74, 6) is 0.864. The lowest BCUT2D eigenvalue weighted by Gasteiger charge is -2.29. The van der Waals surface area contributed by atoms with Crippen molar-refractivity contribution in [2.45, 2.75) is 25.3 Å². The van der Waals surface area contributed by atoms with Crippen LogP contribution in [0.15, 0.2) is 41.4 Å². The highest BCUT2D eigenvalue weighted by Crippen LogP contribution is 2.21. The predicted octanol–water partition coefficient (Wildman–Crippen LogP) is 1.66. The van der Waals surface area contributed by atoms with Gasteiger partial charge in [-0.25, -0.2) is 8.42 Å². The minimum absolute atomic E-state index is 0. The molecule has 9 heteroatoms. The van der Waals surface area contributed by atoms with Crippen LogP contribution in [-0.2, 0) is 14.6 Å². The first-order valence-corrected chi connectivity index (χ1v) is 11.5. The van der Waals surface area contributed by atoms with Crippen molar-refractivity contribution in [3.8, 4) is 0 Å². The van der Waals surface area contributed by atoms with Crippen molar-refractivity contribution in [2.75, 3.05) is 38.2 Å². The van der Waals surface area contributed by atoms with Crippen LogP contribution in [0.4, 0.5) is 0 Å². The first-order valence-electron chi connectivity index (χ1n) is 9.67. The van der Waals surface area contributed by atoms with Gasteiger partial charge in [0.15, 0.2) is 15.8 Å². The van der Waals surface area contributed by atoms with Crippen LogP contribution in [0.1, 0.15) is 24.8 Å². The van der Waals surface area contributed by atoms with E-state index in [0.717, 1.165) is 25.5 Å². The maximum absolute atomic E-state index is 12.0. The summed E-state index contributed by atoms with van der Waals surface area (Å²) in [5.41, 5.74) is 2.61. The van der Waals surface area contributed by atoms with Gasteiger partial charge in [0.2, 0.25) is 5.91 Å². The van der Waals surface area contributed by atoms with Crippen molar-refractivity contribution >= 4 is 51.3 Å². The summed E-state index contributed by atoms with van der Waals surface area (Å²) in [5, 5.41) is 6.04. The molecule has 2 aliphatic rings. The van der Waals surface area contributed by atoms with Gasteiger partial charge in [0, 0.05) is 39.1 Å². The summed E-state index contributed by atoms with van der Waals surface area (Å²) >= 11 is 0. The average Bonchev–Trinajstić information content (AvgIpc) is 3.04. The fraction of sp³-hybridized carbons (Fsp3) is 0.500. The molecule has 1 unspecified atom stereocenters. The topological polar surface area (TPSA) is 90.9 Å². The standard InChI is InChI=1S/C20H28N4O3S.HI/c1-21-20(22-11-7-19(25)23-18-10-14-28(26,27)15-18)24-12-8-17(9-13-24)16-5-3-2-4-6-16;/h2-6,8,18H,7,9-15H2,1H3,(H,21,22)(H,23,25);1H. The minimum atomic E-state index is -2.98. The predicted molar refractivity (Wildman–Crippen MR) is 127 cm³/mol. The molecule has 7 nitrogen and oxygen atoms in total. The minimum Gasteiger partial charge on any atom is -0.356 e. The summed E-state index contributed by atoms with van der Waals surface area (Å²) in [7, 11) is -1.24. The fourth-order valence-corrected chi connectivity index (χ4v) is 5.28. The van der Waals surface area contributed by atoms with Crippen molar-refractivity contribution in [1.82, 2.24) is 15.5 Å². The number of aliphatic imine (C=N–C) groups is 1. The van der Waals surface area contributed by atoms with E-state index in [1.165, 1.54) is 11.1 Å². The summed E-state index contributed by atoms with van der Waals surface area (Å²) in [6.07, 6.45) is 3.96. The molecule has 1 aromatic rings. The Kier molecular flexibility index (Phi) is 8.94. The number of benzene rings is 1. The SMILES string of the molecule is CN=C(NCCC(=O)NC1CCS(=O)(=O)C1)N1CC=C(c2ccccc2)CC1.I. The van der Waals surface area contributed by atoms with Gasteiger partial charge in [-0.3, -0.25) is 9.79 Å². The second kappa shape index (κ2) is 11.0. The summed E-state index contributed by atoms with van der Waals surface area (Å²) in [4.78, 5) is 18.5. The maximum atomic E-state index is 12.0. The number of halogens is 1. The number of hydrogen-bond acceptors (Lipinski definition) is 4. The van der Waals surface area contributed by atoms with E-state index in [1.807, 2.05) is 6.07 Å². The molecule has 3 rings (SSSR count). The molecule has 0 saturated carbocycles. The number of sulfone groups is 1. The normalized spacial score (nSPS) is 21.1. The molecule has 160 valence electrons. The molecule has 0 aliphatic carbocycles. The van der Waals surface area contributed by atoms with Crippen LogP contribution in [0.3, 0.4) is 0 Å². The number of guanidine groups is 1. The van der Waals surface area contributed by atoms with Gasteiger partial charge in [0.1, 0.15) is 0 Å². The van der Waals surface area contributed by atoms with Gasteiger partial charge >= 0.3 is 0 Å². The summed E-state index contributed by atoms with van der Waals surface area (Å²) < 4.78 is 22.9. The highest BCUT2D eigenvalue weighted by atomic mass is 127. The zero-order valence-electron chi connectivity index (χ0n) is 16.6. The third-order valence-corrected chi connectivity index (χ3v) is 6.87. The van der Waals surface area contributed by atoms with Crippen LogP contribution < -0.4 is 10.6 Å². The number of nitrogens with zero attached hydrogens (tertiary/aromatic N) is 2. The number of carbonyl (C=O) groups excluding carboxylic acids is 1. The maximum Gasteiger partial charge on any atom is 0.222 e. The third-order valence-electron chi connectivity index (χ3n) is 5.10. The van der Waals surface area contributed by atoms with Gasteiger partial charge in [-0.15, -0.1) is 24.0 Å². The number of hydrogen-bond donors (Lipinski definition) is 2. The third kappa shape index (κ3) is 6.98. The Labute approximate surface area is 190 Å². The summed E-state index contributed by atoms with van der Waals surface area (Å²) in [6, 6.07) is 10.1. The van der Waals surface area contributed by atoms with E-state index in [-0.39, 0.29) is 53.9 Å². The van der Waals surface area contributed by atoms with Crippen molar-refractivity contribution < 1.29 is 13.2 Å². The van der Waals surface area contributed by atoms with Gasteiger partial charge in [-0.05, 0) is 24.0 Å². The van der Waals surface area contributed by atoms with Crippen molar-refractivity contribution in [1.29, 1.82) is 0 Å². The highest BCUT2D eigenvalue weighted by molar-refractivity contribution is 14.0. The molecule has 1 saturated heterocycles. The number of nitrogens with one attached hydrogen (secondary N) is 2. The highest BCUT2D eigenvalue weighted by Gasteiger charge is 2.28. The Morgan fingerprint density at radius 3 is 2.62 bits per heavy atom. The molecule has 1 aromatic carbocycles. The van der Waals surface area contributed by atoms with Crippen LogP contribution >= 0.6 is 24.0 Å². The molecule has 0 aromatic heterocycles. The lowest BCUT2D eigenvalue weighted by molar-refractivity contribution is -0.121. The van der Waals surface area contributed by atoms with Gasteiger partial charge < -0.3 is 15.5 Å².